The molecular weight excluding hydrogens is 192 g/mol. The SMILES string of the molecule is C[C@@H](CCC=O)C12OC1C(C)(C)CC2=O. The van der Waals surface area contributed by atoms with Crippen molar-refractivity contribution in [2.24, 2.45) is 11.3 Å². The summed E-state index contributed by atoms with van der Waals surface area (Å²) in [7, 11) is 0. The van der Waals surface area contributed by atoms with Crippen LogP contribution in [-0.2, 0) is 14.3 Å². The average molecular weight is 210 g/mol. The number of Topliss-reactive ketones (excluding diaryl/α,β-unsaturated/α-hetero) is 1. The molecular formula is C12H18O3. The van der Waals surface area contributed by atoms with Gasteiger partial charge in [-0.05, 0) is 12.3 Å². The monoisotopic (exact) mass is 210 g/mol. The zero-order valence-electron chi connectivity index (χ0n) is 9.58. The Labute approximate surface area is 90.2 Å². The van der Waals surface area contributed by atoms with Crippen LogP contribution >= 0.6 is 0 Å². The number of ketones is 1. The molecule has 0 radical (unpaired) electrons. The molecule has 3 heteroatoms. The van der Waals surface area contributed by atoms with E-state index in [1.807, 2.05) is 6.92 Å². The molecule has 15 heavy (non-hydrogen) atoms. The minimum Gasteiger partial charge on any atom is -0.357 e. The fraction of sp³-hybridized carbons (Fsp3) is 0.833. The average Bonchev–Trinajstić information content (AvgIpc) is 2.86. The van der Waals surface area contributed by atoms with E-state index in [1.165, 1.54) is 0 Å². The number of carbonyl (C=O) groups excluding carboxylic acids is 2. The van der Waals surface area contributed by atoms with Crippen molar-refractivity contribution >= 4 is 12.1 Å². The van der Waals surface area contributed by atoms with Gasteiger partial charge in [0.2, 0.25) is 0 Å². The van der Waals surface area contributed by atoms with Gasteiger partial charge >= 0.3 is 0 Å². The Bertz CT molecular complexity index is 308. The van der Waals surface area contributed by atoms with Gasteiger partial charge in [-0.15, -0.1) is 0 Å². The molecule has 0 N–H and O–H groups in total. The Morgan fingerprint density at radius 1 is 1.60 bits per heavy atom. The molecule has 1 aliphatic heterocycles. The minimum atomic E-state index is -0.535. The Kier molecular flexibility index (Phi) is 2.26. The maximum absolute atomic E-state index is 11.9. The van der Waals surface area contributed by atoms with Crippen molar-refractivity contribution in [2.75, 3.05) is 0 Å². The number of ether oxygens (including phenoxy) is 1. The van der Waals surface area contributed by atoms with Crippen LogP contribution < -0.4 is 0 Å². The molecule has 3 nitrogen and oxygen atoms in total. The van der Waals surface area contributed by atoms with Gasteiger partial charge in [-0.2, -0.15) is 0 Å². The zero-order valence-corrected chi connectivity index (χ0v) is 9.58. The number of carbonyl (C=O) groups is 2. The van der Waals surface area contributed by atoms with Crippen molar-refractivity contribution in [3.8, 4) is 0 Å². The third-order valence-corrected chi connectivity index (χ3v) is 3.86. The van der Waals surface area contributed by atoms with Gasteiger partial charge in [0.15, 0.2) is 11.4 Å². The first-order valence-electron chi connectivity index (χ1n) is 5.60. The van der Waals surface area contributed by atoms with Crippen molar-refractivity contribution < 1.29 is 14.3 Å². The van der Waals surface area contributed by atoms with Crippen molar-refractivity contribution in [1.82, 2.24) is 0 Å². The molecule has 1 heterocycles. The summed E-state index contributed by atoms with van der Waals surface area (Å²) in [6, 6.07) is 0. The van der Waals surface area contributed by atoms with Gasteiger partial charge in [0.25, 0.3) is 0 Å². The third kappa shape index (κ3) is 1.36. The van der Waals surface area contributed by atoms with Crippen molar-refractivity contribution in [2.45, 2.75) is 51.7 Å². The highest BCUT2D eigenvalue weighted by atomic mass is 16.6. The number of hydrogen-bond acceptors (Lipinski definition) is 3. The van der Waals surface area contributed by atoms with Crippen LogP contribution in [0.1, 0.15) is 40.0 Å². The van der Waals surface area contributed by atoms with E-state index in [0.29, 0.717) is 12.8 Å². The minimum absolute atomic E-state index is 0.0213. The van der Waals surface area contributed by atoms with E-state index in [9.17, 15) is 9.59 Å². The first-order chi connectivity index (χ1) is 6.95. The van der Waals surface area contributed by atoms with Gasteiger partial charge in [0.1, 0.15) is 12.4 Å². The highest BCUT2D eigenvalue weighted by molar-refractivity contribution is 5.95. The lowest BCUT2D eigenvalue weighted by Crippen LogP contribution is -2.30. The highest BCUT2D eigenvalue weighted by Crippen LogP contribution is 2.61. The Morgan fingerprint density at radius 2 is 2.27 bits per heavy atom. The second-order valence-corrected chi connectivity index (χ2v) is 5.52. The van der Waals surface area contributed by atoms with Crippen LogP contribution in [0.5, 0.6) is 0 Å². The molecule has 1 saturated heterocycles. The van der Waals surface area contributed by atoms with Crippen LogP contribution in [0.3, 0.4) is 0 Å². The highest BCUT2D eigenvalue weighted by Gasteiger charge is 2.74. The topological polar surface area (TPSA) is 46.7 Å². The fourth-order valence-corrected chi connectivity index (χ4v) is 2.94. The number of hydrogen-bond donors (Lipinski definition) is 0. The van der Waals surface area contributed by atoms with E-state index >= 15 is 0 Å². The predicted octanol–water partition coefficient (Wildman–Crippen LogP) is 1.74. The van der Waals surface area contributed by atoms with E-state index in [4.69, 9.17) is 4.74 Å². The van der Waals surface area contributed by atoms with E-state index in [1.54, 1.807) is 0 Å². The van der Waals surface area contributed by atoms with Gasteiger partial charge in [0, 0.05) is 18.3 Å². The summed E-state index contributed by atoms with van der Waals surface area (Å²) in [5, 5.41) is 0. The van der Waals surface area contributed by atoms with Crippen LogP contribution in [0, 0.1) is 11.3 Å². The van der Waals surface area contributed by atoms with Crippen molar-refractivity contribution in [1.29, 1.82) is 0 Å². The number of aldehydes is 1. The lowest BCUT2D eigenvalue weighted by molar-refractivity contribution is -0.127. The molecule has 1 aliphatic carbocycles. The van der Waals surface area contributed by atoms with Crippen LogP contribution in [0.15, 0.2) is 0 Å². The standard InChI is InChI=1S/C12H18O3/c1-8(5-4-6-13)12-9(14)7-11(2,3)10(12)15-12/h6,8,10H,4-5,7H2,1-3H3/t8-,10?,12?/m0/s1. The van der Waals surface area contributed by atoms with Gasteiger partial charge in [-0.3, -0.25) is 4.79 Å². The summed E-state index contributed by atoms with van der Waals surface area (Å²) in [5.41, 5.74) is -0.557. The molecule has 0 amide bonds. The molecule has 1 saturated carbocycles. The number of fused-ring (bicyclic) bond motifs is 1. The van der Waals surface area contributed by atoms with E-state index < -0.39 is 5.60 Å². The second kappa shape index (κ2) is 3.14. The molecule has 0 aromatic rings. The van der Waals surface area contributed by atoms with Crippen molar-refractivity contribution in [3.05, 3.63) is 0 Å². The summed E-state index contributed by atoms with van der Waals surface area (Å²) in [6.45, 7) is 6.18. The summed E-state index contributed by atoms with van der Waals surface area (Å²) < 4.78 is 5.66. The van der Waals surface area contributed by atoms with Crippen LogP contribution in [-0.4, -0.2) is 23.8 Å². The zero-order chi connectivity index (χ0) is 11.3. The van der Waals surface area contributed by atoms with Crippen LogP contribution in [0.4, 0.5) is 0 Å². The Morgan fingerprint density at radius 3 is 2.67 bits per heavy atom. The van der Waals surface area contributed by atoms with Crippen LogP contribution in [0.25, 0.3) is 0 Å². The first kappa shape index (κ1) is 10.8. The van der Waals surface area contributed by atoms with Crippen LogP contribution in [0.2, 0.25) is 0 Å². The molecule has 0 bridgehead atoms. The summed E-state index contributed by atoms with van der Waals surface area (Å²) >= 11 is 0. The molecule has 2 aliphatic rings. The molecule has 2 fully saturated rings. The smallest absolute Gasteiger partial charge is 0.168 e. The Hall–Kier alpha value is -0.700. The lowest BCUT2D eigenvalue weighted by Gasteiger charge is -2.16. The lowest BCUT2D eigenvalue weighted by atomic mass is 9.84. The van der Waals surface area contributed by atoms with Gasteiger partial charge in [-0.25, -0.2) is 0 Å². The largest absolute Gasteiger partial charge is 0.357 e. The van der Waals surface area contributed by atoms with E-state index in [-0.39, 0.29) is 23.2 Å². The normalized spacial score (nSPS) is 38.6. The van der Waals surface area contributed by atoms with Gasteiger partial charge < -0.3 is 9.53 Å². The summed E-state index contributed by atoms with van der Waals surface area (Å²) in [6.07, 6.45) is 2.88. The molecule has 0 spiro atoms. The molecule has 0 aromatic heterocycles. The van der Waals surface area contributed by atoms with E-state index in [2.05, 4.69) is 13.8 Å². The maximum atomic E-state index is 11.9. The number of epoxide rings is 1. The summed E-state index contributed by atoms with van der Waals surface area (Å²) in [5.74, 6) is 0.401. The summed E-state index contributed by atoms with van der Waals surface area (Å²) in [4.78, 5) is 22.3. The first-order valence-corrected chi connectivity index (χ1v) is 5.60. The second-order valence-electron chi connectivity index (χ2n) is 5.52. The molecule has 3 atom stereocenters. The van der Waals surface area contributed by atoms with Gasteiger partial charge in [0.05, 0.1) is 0 Å². The van der Waals surface area contributed by atoms with Crippen molar-refractivity contribution in [3.63, 3.8) is 0 Å². The quantitative estimate of drug-likeness (QED) is 0.524. The maximum Gasteiger partial charge on any atom is 0.168 e. The molecule has 84 valence electrons. The van der Waals surface area contributed by atoms with E-state index in [0.717, 1.165) is 12.7 Å². The van der Waals surface area contributed by atoms with Gasteiger partial charge in [-0.1, -0.05) is 20.8 Å². The fourth-order valence-electron chi connectivity index (χ4n) is 2.94. The molecule has 2 rings (SSSR count). The Balaban J connectivity index is 2.11. The molecule has 2 unspecified atom stereocenters. The third-order valence-electron chi connectivity index (χ3n) is 3.86. The molecule has 0 aromatic carbocycles. The number of rotatable bonds is 4. The predicted molar refractivity (Wildman–Crippen MR) is 55.5 cm³/mol.